The highest BCUT2D eigenvalue weighted by Crippen LogP contribution is 2.21. The second kappa shape index (κ2) is 5.63. The first kappa shape index (κ1) is 11.9. The summed E-state index contributed by atoms with van der Waals surface area (Å²) >= 11 is 1.59. The second-order valence-electron chi connectivity index (χ2n) is 3.79. The van der Waals surface area contributed by atoms with E-state index in [1.807, 2.05) is 23.6 Å². The SMILES string of the molecule is c1ccc(-c2nc(CNCc3nn[nH]n3)cs2)nc1. The number of nitrogens with one attached hydrogen (secondary N) is 2. The Balaban J connectivity index is 1.59. The molecule has 19 heavy (non-hydrogen) atoms. The van der Waals surface area contributed by atoms with Crippen molar-refractivity contribution in [3.05, 3.63) is 41.3 Å². The lowest BCUT2D eigenvalue weighted by Gasteiger charge is -1.97. The highest BCUT2D eigenvalue weighted by atomic mass is 32.1. The van der Waals surface area contributed by atoms with Crippen molar-refractivity contribution in [1.29, 1.82) is 0 Å². The van der Waals surface area contributed by atoms with Gasteiger partial charge in [0.05, 0.1) is 17.9 Å². The van der Waals surface area contributed by atoms with Crippen LogP contribution in [0.1, 0.15) is 11.5 Å². The zero-order valence-corrected chi connectivity index (χ0v) is 10.8. The van der Waals surface area contributed by atoms with E-state index in [4.69, 9.17) is 0 Å². The highest BCUT2D eigenvalue weighted by Gasteiger charge is 2.05. The summed E-state index contributed by atoms with van der Waals surface area (Å²) in [5, 5.41) is 19.8. The molecule has 3 heterocycles. The van der Waals surface area contributed by atoms with Gasteiger partial charge in [-0.1, -0.05) is 11.3 Å². The summed E-state index contributed by atoms with van der Waals surface area (Å²) in [7, 11) is 0. The van der Waals surface area contributed by atoms with Crippen molar-refractivity contribution in [2.24, 2.45) is 0 Å². The Hall–Kier alpha value is -2.19. The van der Waals surface area contributed by atoms with Crippen LogP contribution in [-0.2, 0) is 13.1 Å². The van der Waals surface area contributed by atoms with E-state index in [1.165, 1.54) is 0 Å². The summed E-state index contributed by atoms with van der Waals surface area (Å²) in [6, 6.07) is 5.80. The van der Waals surface area contributed by atoms with E-state index in [2.05, 4.69) is 35.9 Å². The number of nitrogens with zero attached hydrogens (tertiary/aromatic N) is 5. The molecule has 0 aliphatic heterocycles. The van der Waals surface area contributed by atoms with Gasteiger partial charge in [0.25, 0.3) is 0 Å². The van der Waals surface area contributed by atoms with E-state index in [0.717, 1.165) is 16.4 Å². The second-order valence-corrected chi connectivity index (χ2v) is 4.65. The third-order valence-electron chi connectivity index (χ3n) is 2.41. The van der Waals surface area contributed by atoms with Crippen LogP contribution in [0.2, 0.25) is 0 Å². The van der Waals surface area contributed by atoms with Crippen molar-refractivity contribution < 1.29 is 0 Å². The lowest BCUT2D eigenvalue weighted by Crippen LogP contribution is -2.14. The number of tetrazole rings is 1. The summed E-state index contributed by atoms with van der Waals surface area (Å²) < 4.78 is 0. The summed E-state index contributed by atoms with van der Waals surface area (Å²) in [6.45, 7) is 1.23. The smallest absolute Gasteiger partial charge is 0.188 e. The van der Waals surface area contributed by atoms with Crippen molar-refractivity contribution in [2.45, 2.75) is 13.1 Å². The number of aromatic amines is 1. The molecule has 3 aromatic heterocycles. The lowest BCUT2D eigenvalue weighted by atomic mass is 10.3. The minimum Gasteiger partial charge on any atom is -0.304 e. The average molecular weight is 273 g/mol. The van der Waals surface area contributed by atoms with Crippen molar-refractivity contribution in [3.8, 4) is 10.7 Å². The molecule has 0 fully saturated rings. The minimum atomic E-state index is 0.562. The van der Waals surface area contributed by atoms with E-state index < -0.39 is 0 Å². The van der Waals surface area contributed by atoms with Crippen LogP contribution in [0.3, 0.4) is 0 Å². The maximum Gasteiger partial charge on any atom is 0.188 e. The van der Waals surface area contributed by atoms with E-state index in [0.29, 0.717) is 18.9 Å². The Bertz CT molecular complexity index is 620. The molecule has 3 aromatic rings. The van der Waals surface area contributed by atoms with Crippen LogP contribution in [0.25, 0.3) is 10.7 Å². The van der Waals surface area contributed by atoms with Gasteiger partial charge in [0.2, 0.25) is 0 Å². The van der Waals surface area contributed by atoms with Crippen molar-refractivity contribution >= 4 is 11.3 Å². The number of aromatic nitrogens is 6. The normalized spacial score (nSPS) is 10.7. The monoisotopic (exact) mass is 273 g/mol. The van der Waals surface area contributed by atoms with Gasteiger partial charge in [0.15, 0.2) is 5.82 Å². The standard InChI is InChI=1S/C11H11N7S/c1-2-4-13-9(3-1)11-14-8(7-19-11)5-12-6-10-15-17-18-16-10/h1-4,7,12H,5-6H2,(H,15,16,17,18). The van der Waals surface area contributed by atoms with Gasteiger partial charge in [-0.3, -0.25) is 4.98 Å². The van der Waals surface area contributed by atoms with Crippen LogP contribution in [-0.4, -0.2) is 30.6 Å². The number of pyridine rings is 1. The first-order chi connectivity index (χ1) is 9.42. The average Bonchev–Trinajstić information content (AvgIpc) is 3.11. The number of hydrogen-bond donors (Lipinski definition) is 2. The Morgan fingerprint density at radius 2 is 2.26 bits per heavy atom. The fourth-order valence-electron chi connectivity index (χ4n) is 1.55. The summed E-state index contributed by atoms with van der Waals surface area (Å²) in [4.78, 5) is 8.81. The number of rotatable bonds is 5. The molecule has 0 aliphatic carbocycles. The van der Waals surface area contributed by atoms with E-state index >= 15 is 0 Å². The zero-order chi connectivity index (χ0) is 12.9. The molecule has 0 aliphatic rings. The zero-order valence-electron chi connectivity index (χ0n) is 9.95. The van der Waals surface area contributed by atoms with Gasteiger partial charge in [-0.05, 0) is 12.1 Å². The van der Waals surface area contributed by atoms with Crippen molar-refractivity contribution in [2.75, 3.05) is 0 Å². The molecule has 0 bridgehead atoms. The Morgan fingerprint density at radius 1 is 1.26 bits per heavy atom. The third kappa shape index (κ3) is 2.98. The number of thiazole rings is 1. The molecule has 3 rings (SSSR count). The van der Waals surface area contributed by atoms with Crippen LogP contribution < -0.4 is 5.32 Å². The Labute approximate surface area is 113 Å². The minimum absolute atomic E-state index is 0.562. The molecule has 0 unspecified atom stereocenters. The van der Waals surface area contributed by atoms with Crippen LogP contribution in [0.4, 0.5) is 0 Å². The fraction of sp³-hybridized carbons (Fsp3) is 0.182. The molecule has 8 heteroatoms. The van der Waals surface area contributed by atoms with Crippen LogP contribution in [0, 0.1) is 0 Å². The molecule has 0 saturated carbocycles. The van der Waals surface area contributed by atoms with Crippen molar-refractivity contribution in [3.63, 3.8) is 0 Å². The van der Waals surface area contributed by atoms with Gasteiger partial charge in [-0.25, -0.2) is 4.98 Å². The first-order valence-corrected chi connectivity index (χ1v) is 6.58. The van der Waals surface area contributed by atoms with Gasteiger partial charge in [0, 0.05) is 18.1 Å². The van der Waals surface area contributed by atoms with E-state index in [1.54, 1.807) is 17.5 Å². The van der Waals surface area contributed by atoms with Gasteiger partial charge in [-0.2, -0.15) is 5.21 Å². The molecule has 96 valence electrons. The molecule has 0 spiro atoms. The largest absolute Gasteiger partial charge is 0.304 e. The quantitative estimate of drug-likeness (QED) is 0.720. The highest BCUT2D eigenvalue weighted by molar-refractivity contribution is 7.13. The van der Waals surface area contributed by atoms with Gasteiger partial charge < -0.3 is 5.32 Å². The Kier molecular flexibility index (Phi) is 3.52. The maximum atomic E-state index is 4.53. The molecule has 0 aromatic carbocycles. The molecule has 7 nitrogen and oxygen atoms in total. The van der Waals surface area contributed by atoms with Gasteiger partial charge in [-0.15, -0.1) is 21.5 Å². The predicted molar refractivity (Wildman–Crippen MR) is 70.1 cm³/mol. The lowest BCUT2D eigenvalue weighted by molar-refractivity contribution is 0.655. The van der Waals surface area contributed by atoms with Crippen LogP contribution >= 0.6 is 11.3 Å². The molecular formula is C11H11N7S. The third-order valence-corrected chi connectivity index (χ3v) is 3.33. The topological polar surface area (TPSA) is 92.3 Å². The molecule has 0 radical (unpaired) electrons. The van der Waals surface area contributed by atoms with Crippen molar-refractivity contribution in [1.82, 2.24) is 35.9 Å². The molecular weight excluding hydrogens is 262 g/mol. The molecule has 0 amide bonds. The summed E-state index contributed by atoms with van der Waals surface area (Å²) in [5.41, 5.74) is 1.88. The first-order valence-electron chi connectivity index (χ1n) is 5.70. The maximum absolute atomic E-state index is 4.53. The summed E-state index contributed by atoms with van der Waals surface area (Å²) in [5.74, 6) is 0.639. The van der Waals surface area contributed by atoms with Crippen LogP contribution in [0.15, 0.2) is 29.8 Å². The fourth-order valence-corrected chi connectivity index (χ4v) is 2.35. The molecule has 2 N–H and O–H groups in total. The number of H-pyrrole nitrogens is 1. The number of hydrogen-bond acceptors (Lipinski definition) is 7. The Morgan fingerprint density at radius 3 is 3.05 bits per heavy atom. The van der Waals surface area contributed by atoms with Gasteiger partial charge >= 0.3 is 0 Å². The van der Waals surface area contributed by atoms with E-state index in [9.17, 15) is 0 Å². The molecule has 0 atom stereocenters. The van der Waals surface area contributed by atoms with E-state index in [-0.39, 0.29) is 0 Å². The summed E-state index contributed by atoms with van der Waals surface area (Å²) in [6.07, 6.45) is 1.77. The van der Waals surface area contributed by atoms with Gasteiger partial charge in [0.1, 0.15) is 5.01 Å². The molecule has 0 saturated heterocycles. The van der Waals surface area contributed by atoms with Crippen LogP contribution in [0.5, 0.6) is 0 Å². The predicted octanol–water partition coefficient (Wildman–Crippen LogP) is 1.01.